The summed E-state index contributed by atoms with van der Waals surface area (Å²) in [5, 5.41) is 8.75. The first-order valence-corrected chi connectivity index (χ1v) is 4.30. The fourth-order valence-electron chi connectivity index (χ4n) is 0.547. The van der Waals surface area contributed by atoms with Gasteiger partial charge in [0.25, 0.3) is 0 Å². The average molecular weight is 298 g/mol. The second kappa shape index (κ2) is 5.83. The maximum atomic E-state index is 8.75. The van der Waals surface area contributed by atoms with Crippen LogP contribution in [0.15, 0.2) is 0 Å². The third-order valence-electron chi connectivity index (χ3n) is 1.02. The van der Waals surface area contributed by atoms with E-state index in [2.05, 4.69) is 28.0 Å². The van der Waals surface area contributed by atoms with E-state index in [0.717, 1.165) is 12.8 Å². The molecule has 1 unspecified atom stereocenters. The van der Waals surface area contributed by atoms with Crippen molar-refractivity contribution in [2.24, 2.45) is 0 Å². The second-order valence-electron chi connectivity index (χ2n) is 1.88. The van der Waals surface area contributed by atoms with Gasteiger partial charge >= 0.3 is 63.1 Å². The quantitative estimate of drug-likeness (QED) is 0.615. The molecular formula is C6H13AuO. The van der Waals surface area contributed by atoms with Gasteiger partial charge in [-0.15, -0.1) is 0 Å². The molecule has 0 heterocycles. The van der Waals surface area contributed by atoms with E-state index in [-0.39, 0.29) is 4.32 Å². The number of hydrogen-bond acceptors (Lipinski definition) is 1. The number of unbranched alkanes of at least 4 members (excludes halogenated alkanes) is 2. The van der Waals surface area contributed by atoms with Crippen LogP contribution in [0.4, 0.5) is 0 Å². The van der Waals surface area contributed by atoms with E-state index >= 15 is 0 Å². The van der Waals surface area contributed by atoms with Gasteiger partial charge in [0.1, 0.15) is 0 Å². The van der Waals surface area contributed by atoms with Crippen molar-refractivity contribution in [3.63, 3.8) is 0 Å². The topological polar surface area (TPSA) is 20.2 Å². The summed E-state index contributed by atoms with van der Waals surface area (Å²) in [5.74, 6) is 0. The Morgan fingerprint density at radius 3 is 2.50 bits per heavy atom. The standard InChI is InChI=1S/C6H13O.Au/c1-2-3-4-5-6-7;/h6-7H,2-5H2,1H3;. The molecular weight excluding hydrogens is 285 g/mol. The van der Waals surface area contributed by atoms with Crippen LogP contribution in [0.1, 0.15) is 32.6 Å². The van der Waals surface area contributed by atoms with Crippen LogP contribution < -0.4 is 0 Å². The van der Waals surface area contributed by atoms with Crippen molar-refractivity contribution < 1.29 is 26.2 Å². The summed E-state index contributed by atoms with van der Waals surface area (Å²) in [6.45, 7) is 2.16. The molecule has 1 nitrogen and oxygen atoms in total. The molecule has 0 rings (SSSR count). The zero-order valence-corrected chi connectivity index (χ0v) is 7.32. The molecule has 0 aromatic heterocycles. The van der Waals surface area contributed by atoms with Crippen molar-refractivity contribution in [3.05, 3.63) is 0 Å². The van der Waals surface area contributed by atoms with E-state index in [0.29, 0.717) is 0 Å². The Morgan fingerprint density at radius 2 is 2.12 bits per heavy atom. The van der Waals surface area contributed by atoms with Crippen LogP contribution in [0.25, 0.3) is 0 Å². The van der Waals surface area contributed by atoms with Crippen LogP contribution in [-0.4, -0.2) is 9.43 Å². The molecule has 0 radical (unpaired) electrons. The minimum absolute atomic E-state index is 0.151. The summed E-state index contributed by atoms with van der Waals surface area (Å²) in [4.78, 5) is 0. The first kappa shape index (κ1) is 8.70. The van der Waals surface area contributed by atoms with Crippen LogP contribution in [0.2, 0.25) is 0 Å². The van der Waals surface area contributed by atoms with Gasteiger partial charge in [0.05, 0.1) is 0 Å². The van der Waals surface area contributed by atoms with E-state index in [9.17, 15) is 0 Å². The molecule has 0 amide bonds. The van der Waals surface area contributed by atoms with Crippen molar-refractivity contribution in [2.75, 3.05) is 0 Å². The van der Waals surface area contributed by atoms with Crippen molar-refractivity contribution in [3.8, 4) is 0 Å². The minimum atomic E-state index is -0.151. The van der Waals surface area contributed by atoms with Gasteiger partial charge in [0, 0.05) is 0 Å². The Balaban J connectivity index is 2.72. The van der Waals surface area contributed by atoms with Crippen molar-refractivity contribution in [1.29, 1.82) is 0 Å². The summed E-state index contributed by atoms with van der Waals surface area (Å²) in [5.41, 5.74) is 0. The fourth-order valence-corrected chi connectivity index (χ4v) is 0.989. The normalized spacial score (nSPS) is 14.0. The zero-order valence-electron chi connectivity index (χ0n) is 5.15. The van der Waals surface area contributed by atoms with E-state index in [4.69, 9.17) is 5.11 Å². The molecule has 54 valence electrons. The maximum absolute atomic E-state index is 8.75. The predicted octanol–water partition coefficient (Wildman–Crippen LogP) is 1.43. The molecule has 0 saturated carbocycles. The Kier molecular flexibility index (Phi) is 6.34. The van der Waals surface area contributed by atoms with E-state index < -0.39 is 0 Å². The van der Waals surface area contributed by atoms with Crippen LogP contribution in [0.5, 0.6) is 0 Å². The molecule has 2 heteroatoms. The van der Waals surface area contributed by atoms with Crippen molar-refractivity contribution in [2.45, 2.75) is 36.9 Å². The number of aliphatic hydroxyl groups is 1. The van der Waals surface area contributed by atoms with E-state index in [1.165, 1.54) is 12.8 Å². The molecule has 0 saturated heterocycles. The van der Waals surface area contributed by atoms with Gasteiger partial charge in [-0.2, -0.15) is 0 Å². The summed E-state index contributed by atoms with van der Waals surface area (Å²) >= 11 is 2.20. The second-order valence-corrected chi connectivity index (χ2v) is 3.32. The monoisotopic (exact) mass is 298 g/mol. The third-order valence-corrected chi connectivity index (χ3v) is 1.65. The summed E-state index contributed by atoms with van der Waals surface area (Å²) in [6.07, 6.45) is 4.58. The zero-order chi connectivity index (χ0) is 6.41. The number of rotatable bonds is 4. The molecule has 0 aromatic rings. The SMILES string of the molecule is CCCCC[CH](O)[Au]. The van der Waals surface area contributed by atoms with Crippen LogP contribution in [0.3, 0.4) is 0 Å². The summed E-state index contributed by atoms with van der Waals surface area (Å²) in [6, 6.07) is 0. The van der Waals surface area contributed by atoms with Gasteiger partial charge in [-0.05, 0) is 0 Å². The molecule has 0 aromatic carbocycles. The molecule has 0 aliphatic rings. The van der Waals surface area contributed by atoms with Gasteiger partial charge in [0.15, 0.2) is 0 Å². The van der Waals surface area contributed by atoms with Crippen LogP contribution in [0, 0.1) is 0 Å². The van der Waals surface area contributed by atoms with Gasteiger partial charge in [-0.3, -0.25) is 0 Å². The molecule has 0 fully saturated rings. The number of hydrogen-bond donors (Lipinski definition) is 1. The Labute approximate surface area is 63.4 Å². The first-order chi connectivity index (χ1) is 3.77. The van der Waals surface area contributed by atoms with Crippen LogP contribution >= 0.6 is 0 Å². The molecule has 0 aliphatic heterocycles. The van der Waals surface area contributed by atoms with Gasteiger partial charge in [-0.1, -0.05) is 0 Å². The molecule has 0 aliphatic carbocycles. The third kappa shape index (κ3) is 6.70. The Morgan fingerprint density at radius 1 is 1.50 bits per heavy atom. The molecule has 8 heavy (non-hydrogen) atoms. The van der Waals surface area contributed by atoms with E-state index in [1.54, 1.807) is 0 Å². The molecule has 1 atom stereocenters. The van der Waals surface area contributed by atoms with Crippen molar-refractivity contribution >= 4 is 0 Å². The van der Waals surface area contributed by atoms with Crippen molar-refractivity contribution in [1.82, 2.24) is 0 Å². The average Bonchev–Trinajstić information content (AvgIpc) is 1.66. The predicted molar refractivity (Wildman–Crippen MR) is 30.1 cm³/mol. The fraction of sp³-hybridized carbons (Fsp3) is 1.00. The Hall–Kier alpha value is 0.700. The van der Waals surface area contributed by atoms with Gasteiger partial charge < -0.3 is 0 Å². The Bertz CT molecular complexity index is 45.8. The summed E-state index contributed by atoms with van der Waals surface area (Å²) in [7, 11) is 0. The van der Waals surface area contributed by atoms with Crippen LogP contribution in [-0.2, 0) is 21.1 Å². The first-order valence-electron chi connectivity index (χ1n) is 3.05. The van der Waals surface area contributed by atoms with E-state index in [1.807, 2.05) is 0 Å². The number of aliphatic hydroxyl groups excluding tert-OH is 1. The molecule has 1 N–H and O–H groups in total. The summed E-state index contributed by atoms with van der Waals surface area (Å²) < 4.78 is -0.151. The van der Waals surface area contributed by atoms with Gasteiger partial charge in [0.2, 0.25) is 0 Å². The molecule has 0 spiro atoms. The van der Waals surface area contributed by atoms with Gasteiger partial charge in [-0.25, -0.2) is 0 Å². The molecule has 0 bridgehead atoms.